The molecule has 0 bridgehead atoms. The van der Waals surface area contributed by atoms with Gasteiger partial charge >= 0.3 is 0 Å². The van der Waals surface area contributed by atoms with Gasteiger partial charge in [0.15, 0.2) is 11.5 Å². The number of nitrogens with zero attached hydrogens (tertiary/aromatic N) is 3. The molecule has 1 saturated heterocycles. The fourth-order valence-electron chi connectivity index (χ4n) is 5.07. The van der Waals surface area contributed by atoms with E-state index in [9.17, 15) is 0 Å². The summed E-state index contributed by atoms with van der Waals surface area (Å²) in [5, 5.41) is 7.46. The van der Waals surface area contributed by atoms with Crippen LogP contribution in [0.15, 0.2) is 47.6 Å². The van der Waals surface area contributed by atoms with Crippen molar-refractivity contribution in [3.63, 3.8) is 0 Å². The van der Waals surface area contributed by atoms with Gasteiger partial charge in [0.25, 0.3) is 0 Å². The van der Waals surface area contributed by atoms with E-state index in [0.29, 0.717) is 6.04 Å². The number of benzene rings is 2. The van der Waals surface area contributed by atoms with Gasteiger partial charge < -0.3 is 14.4 Å². The largest absolute Gasteiger partial charge is 0.493 e. The van der Waals surface area contributed by atoms with Crippen molar-refractivity contribution in [2.45, 2.75) is 57.8 Å². The first-order chi connectivity index (χ1) is 14.5. The van der Waals surface area contributed by atoms with Crippen molar-refractivity contribution in [3.05, 3.63) is 59.2 Å². The minimum atomic E-state index is -0.413. The lowest BCUT2D eigenvalue weighted by molar-refractivity contribution is -0.153. The molecule has 158 valence electrons. The number of aryl methyl sites for hydroxylation is 1. The van der Waals surface area contributed by atoms with Crippen molar-refractivity contribution in [1.82, 2.24) is 9.91 Å². The Morgan fingerprint density at radius 1 is 1.10 bits per heavy atom. The van der Waals surface area contributed by atoms with Crippen LogP contribution in [0.4, 0.5) is 0 Å². The van der Waals surface area contributed by atoms with Crippen molar-refractivity contribution >= 4 is 5.71 Å². The summed E-state index contributed by atoms with van der Waals surface area (Å²) < 4.78 is 12.5. The molecule has 5 nitrogen and oxygen atoms in total. The van der Waals surface area contributed by atoms with Crippen LogP contribution in [-0.4, -0.2) is 47.6 Å². The van der Waals surface area contributed by atoms with Gasteiger partial charge in [-0.1, -0.05) is 42.0 Å². The molecule has 5 heteroatoms. The third-order valence-corrected chi connectivity index (χ3v) is 6.90. The molecular weight excluding hydrogens is 374 g/mol. The van der Waals surface area contributed by atoms with Crippen molar-refractivity contribution in [2.75, 3.05) is 20.2 Å². The number of piperidine rings is 1. The monoisotopic (exact) mass is 405 g/mol. The molecule has 1 spiro atoms. The van der Waals surface area contributed by atoms with Crippen LogP contribution in [0.1, 0.15) is 55.8 Å². The normalized spacial score (nSPS) is 22.5. The van der Waals surface area contributed by atoms with Crippen LogP contribution in [-0.2, 0) is 0 Å². The highest BCUT2D eigenvalue weighted by Crippen LogP contribution is 2.52. The Morgan fingerprint density at radius 2 is 1.83 bits per heavy atom. The van der Waals surface area contributed by atoms with Crippen molar-refractivity contribution in [1.29, 1.82) is 0 Å². The number of hydrazone groups is 1. The summed E-state index contributed by atoms with van der Waals surface area (Å²) >= 11 is 0. The Balaban J connectivity index is 1.56. The summed E-state index contributed by atoms with van der Waals surface area (Å²) in [7, 11) is 1.72. The third kappa shape index (κ3) is 3.07. The average molecular weight is 406 g/mol. The van der Waals surface area contributed by atoms with E-state index in [0.717, 1.165) is 49.6 Å². The van der Waals surface area contributed by atoms with Gasteiger partial charge in [0, 0.05) is 44.0 Å². The van der Waals surface area contributed by atoms with Crippen LogP contribution in [0.25, 0.3) is 0 Å². The lowest BCUT2D eigenvalue weighted by Gasteiger charge is -2.51. The average Bonchev–Trinajstić information content (AvgIpc) is 3.21. The number of ether oxygens (including phenoxy) is 2. The Hall–Kier alpha value is -2.53. The highest BCUT2D eigenvalue weighted by Gasteiger charge is 2.52. The summed E-state index contributed by atoms with van der Waals surface area (Å²) in [5.41, 5.74) is 4.38. The van der Waals surface area contributed by atoms with Gasteiger partial charge in [-0.25, -0.2) is 5.01 Å². The van der Waals surface area contributed by atoms with Crippen molar-refractivity contribution < 1.29 is 9.47 Å². The second-order valence-corrected chi connectivity index (χ2v) is 9.03. The van der Waals surface area contributed by atoms with Gasteiger partial charge in [0.1, 0.15) is 0 Å². The first-order valence-corrected chi connectivity index (χ1v) is 11.0. The van der Waals surface area contributed by atoms with E-state index < -0.39 is 5.72 Å². The molecule has 0 aliphatic carbocycles. The molecule has 0 N–H and O–H groups in total. The zero-order valence-electron chi connectivity index (χ0n) is 18.4. The molecule has 0 amide bonds. The SMILES string of the molecule is COc1cccc2c1OC1(CCN(C(C)C)CC1)N1N=C(c3ccc(C)cc3)C[C@@H]21. The summed E-state index contributed by atoms with van der Waals surface area (Å²) in [6, 6.07) is 15.7. The predicted octanol–water partition coefficient (Wildman–Crippen LogP) is 4.75. The zero-order chi connectivity index (χ0) is 20.9. The van der Waals surface area contributed by atoms with Crippen molar-refractivity contribution in [3.8, 4) is 11.5 Å². The molecular formula is C25H31N3O2. The molecule has 3 aliphatic heterocycles. The minimum Gasteiger partial charge on any atom is -0.493 e. The van der Waals surface area contributed by atoms with E-state index in [-0.39, 0.29) is 6.04 Å². The van der Waals surface area contributed by atoms with Crippen LogP contribution in [0.2, 0.25) is 0 Å². The molecule has 3 heterocycles. The molecule has 30 heavy (non-hydrogen) atoms. The number of hydrogen-bond donors (Lipinski definition) is 0. The fraction of sp³-hybridized carbons (Fsp3) is 0.480. The highest BCUT2D eigenvalue weighted by molar-refractivity contribution is 6.02. The van der Waals surface area contributed by atoms with E-state index in [4.69, 9.17) is 14.6 Å². The van der Waals surface area contributed by atoms with Crippen LogP contribution >= 0.6 is 0 Å². The number of rotatable bonds is 3. The smallest absolute Gasteiger partial charge is 0.200 e. The van der Waals surface area contributed by atoms with Crippen LogP contribution < -0.4 is 9.47 Å². The van der Waals surface area contributed by atoms with Gasteiger partial charge in [-0.05, 0) is 32.4 Å². The van der Waals surface area contributed by atoms with Gasteiger partial charge in [-0.15, -0.1) is 0 Å². The van der Waals surface area contributed by atoms with E-state index in [1.54, 1.807) is 7.11 Å². The van der Waals surface area contributed by atoms with Gasteiger partial charge in [-0.2, -0.15) is 5.10 Å². The van der Waals surface area contributed by atoms with Crippen LogP contribution in [0, 0.1) is 6.92 Å². The molecule has 1 atom stereocenters. The van der Waals surface area contributed by atoms with Gasteiger partial charge in [-0.3, -0.25) is 0 Å². The zero-order valence-corrected chi connectivity index (χ0v) is 18.4. The molecule has 0 aromatic heterocycles. The number of methoxy groups -OCH3 is 1. The van der Waals surface area contributed by atoms with E-state index >= 15 is 0 Å². The third-order valence-electron chi connectivity index (χ3n) is 6.90. The van der Waals surface area contributed by atoms with Crippen LogP contribution in [0.3, 0.4) is 0 Å². The first-order valence-electron chi connectivity index (χ1n) is 11.0. The summed E-state index contributed by atoms with van der Waals surface area (Å²) in [5.74, 6) is 1.72. The van der Waals surface area contributed by atoms with Gasteiger partial charge in [0.2, 0.25) is 5.72 Å². The maximum absolute atomic E-state index is 6.79. The number of fused-ring (bicyclic) bond motifs is 4. The maximum Gasteiger partial charge on any atom is 0.200 e. The number of para-hydroxylation sites is 1. The van der Waals surface area contributed by atoms with E-state index in [1.165, 1.54) is 16.7 Å². The minimum absolute atomic E-state index is 0.186. The highest BCUT2D eigenvalue weighted by atomic mass is 16.5. The molecule has 2 aromatic carbocycles. The van der Waals surface area contributed by atoms with Crippen LogP contribution in [0.5, 0.6) is 11.5 Å². The first kappa shape index (κ1) is 19.4. The molecule has 1 fully saturated rings. The molecule has 5 rings (SSSR count). The molecule has 0 unspecified atom stereocenters. The summed E-state index contributed by atoms with van der Waals surface area (Å²) in [6.07, 6.45) is 2.76. The van der Waals surface area contributed by atoms with E-state index in [1.807, 2.05) is 6.07 Å². The predicted molar refractivity (Wildman–Crippen MR) is 119 cm³/mol. The molecule has 2 aromatic rings. The molecule has 0 radical (unpaired) electrons. The quantitative estimate of drug-likeness (QED) is 0.739. The Morgan fingerprint density at radius 3 is 2.50 bits per heavy atom. The van der Waals surface area contributed by atoms with Crippen molar-refractivity contribution in [2.24, 2.45) is 5.10 Å². The topological polar surface area (TPSA) is 37.3 Å². The second-order valence-electron chi connectivity index (χ2n) is 9.03. The summed E-state index contributed by atoms with van der Waals surface area (Å²) in [4.78, 5) is 2.53. The standard InChI is InChI=1S/C25H31N3O2/c1-17(2)27-14-12-25(13-15-27)28-22(20-6-5-7-23(29-4)24(20)30-25)16-21(26-28)19-10-8-18(3)9-11-19/h5-11,17,22H,12-16H2,1-4H3/t22-/m0/s1. The van der Waals surface area contributed by atoms with E-state index in [2.05, 4.69) is 67.1 Å². The second kappa shape index (κ2) is 7.31. The number of likely N-dealkylation sites (tertiary alicyclic amines) is 1. The maximum atomic E-state index is 6.79. The Labute approximate surface area is 179 Å². The Bertz CT molecular complexity index is 959. The Kier molecular flexibility index (Phi) is 4.73. The number of hydrogen-bond acceptors (Lipinski definition) is 5. The lowest BCUT2D eigenvalue weighted by Crippen LogP contribution is -2.59. The fourth-order valence-corrected chi connectivity index (χ4v) is 5.07. The summed E-state index contributed by atoms with van der Waals surface area (Å²) in [6.45, 7) is 8.69. The molecule has 0 saturated carbocycles. The van der Waals surface area contributed by atoms with Gasteiger partial charge in [0.05, 0.1) is 18.9 Å². The lowest BCUT2D eigenvalue weighted by atomic mass is 9.90. The molecule has 3 aliphatic rings.